The molecule has 1 heterocycles. The number of hydrogen-bond donors (Lipinski definition) is 2. The molecule has 6 nitrogen and oxygen atoms in total. The van der Waals surface area contributed by atoms with E-state index in [2.05, 4.69) is 15.6 Å². The second-order valence-electron chi connectivity index (χ2n) is 4.44. The molecular weight excluding hydrogens is 275 g/mol. The van der Waals surface area contributed by atoms with Crippen molar-refractivity contribution < 1.29 is 9.31 Å². The lowest BCUT2D eigenvalue weighted by atomic mass is 10.2. The smallest absolute Gasteiger partial charge is 0.311 e. The fourth-order valence-corrected chi connectivity index (χ4v) is 1.83. The van der Waals surface area contributed by atoms with Crippen LogP contribution in [-0.2, 0) is 0 Å². The van der Waals surface area contributed by atoms with Gasteiger partial charge in [0.25, 0.3) is 0 Å². The molecule has 21 heavy (non-hydrogen) atoms. The zero-order chi connectivity index (χ0) is 15.4. The number of nitro groups is 1. The van der Waals surface area contributed by atoms with Crippen LogP contribution in [0.4, 0.5) is 27.4 Å². The van der Waals surface area contributed by atoms with E-state index in [9.17, 15) is 14.5 Å². The lowest BCUT2D eigenvalue weighted by Gasteiger charge is -2.11. The summed E-state index contributed by atoms with van der Waals surface area (Å²) in [7, 11) is 0. The highest BCUT2D eigenvalue weighted by Gasteiger charge is 2.17. The average Bonchev–Trinajstić information content (AvgIpc) is 2.43. The van der Waals surface area contributed by atoms with E-state index < -0.39 is 10.7 Å². The Labute approximate surface area is 121 Å². The number of nitrogens with zero attached hydrogens (tertiary/aromatic N) is 2. The van der Waals surface area contributed by atoms with Gasteiger partial charge in [-0.15, -0.1) is 0 Å². The fourth-order valence-electron chi connectivity index (χ4n) is 1.83. The van der Waals surface area contributed by atoms with E-state index in [1.807, 2.05) is 6.92 Å². The molecule has 0 aliphatic rings. The van der Waals surface area contributed by atoms with Crippen molar-refractivity contribution in [1.82, 2.24) is 4.98 Å². The lowest BCUT2D eigenvalue weighted by Crippen LogP contribution is -2.05. The summed E-state index contributed by atoms with van der Waals surface area (Å²) in [4.78, 5) is 14.7. The minimum absolute atomic E-state index is 0.0761. The van der Waals surface area contributed by atoms with Crippen molar-refractivity contribution in [2.24, 2.45) is 0 Å². The number of aromatic nitrogens is 1. The van der Waals surface area contributed by atoms with Crippen LogP contribution in [0, 0.1) is 22.9 Å². The van der Waals surface area contributed by atoms with Gasteiger partial charge in [-0.25, -0.2) is 9.37 Å². The summed E-state index contributed by atoms with van der Waals surface area (Å²) in [5, 5.41) is 16.9. The summed E-state index contributed by atoms with van der Waals surface area (Å²) >= 11 is 0. The molecule has 0 atom stereocenters. The third kappa shape index (κ3) is 3.44. The van der Waals surface area contributed by atoms with Crippen molar-refractivity contribution in [3.63, 3.8) is 0 Å². The minimum Gasteiger partial charge on any atom is -0.370 e. The number of nitrogens with one attached hydrogen (secondary N) is 2. The number of pyridine rings is 1. The highest BCUT2D eigenvalue weighted by molar-refractivity contribution is 5.69. The molecule has 0 unspecified atom stereocenters. The van der Waals surface area contributed by atoms with Gasteiger partial charge in [-0.05, 0) is 37.6 Å². The molecule has 0 aliphatic heterocycles. The first-order chi connectivity index (χ1) is 10.0. The van der Waals surface area contributed by atoms with Gasteiger partial charge < -0.3 is 10.6 Å². The van der Waals surface area contributed by atoms with Crippen LogP contribution in [0.1, 0.15) is 12.5 Å². The van der Waals surface area contributed by atoms with Gasteiger partial charge in [-0.3, -0.25) is 10.1 Å². The van der Waals surface area contributed by atoms with E-state index in [0.29, 0.717) is 18.1 Å². The Morgan fingerprint density at radius 3 is 2.76 bits per heavy atom. The number of benzene rings is 1. The van der Waals surface area contributed by atoms with Gasteiger partial charge >= 0.3 is 5.69 Å². The summed E-state index contributed by atoms with van der Waals surface area (Å²) in [6.07, 6.45) is 0. The maximum Gasteiger partial charge on any atom is 0.311 e. The van der Waals surface area contributed by atoms with E-state index in [4.69, 9.17) is 0 Å². The van der Waals surface area contributed by atoms with Gasteiger partial charge in [0.15, 0.2) is 0 Å². The largest absolute Gasteiger partial charge is 0.370 e. The molecule has 0 aliphatic carbocycles. The second kappa shape index (κ2) is 6.17. The van der Waals surface area contributed by atoms with E-state index in [-0.39, 0.29) is 11.5 Å². The van der Waals surface area contributed by atoms with Crippen molar-refractivity contribution in [3.05, 3.63) is 51.8 Å². The molecule has 1 aromatic heterocycles. The Hall–Kier alpha value is -2.70. The molecule has 0 spiro atoms. The standard InChI is InChI=1S/C14H15FN4O2/c1-3-16-13-7-6-12(19(20)21)14(18-13)17-11-8-10(15)5-4-9(11)2/h4-8H,3H2,1-2H3,(H2,16,17,18). The van der Waals surface area contributed by atoms with Crippen LogP contribution in [0.15, 0.2) is 30.3 Å². The Balaban J connectivity index is 2.43. The Kier molecular flexibility index (Phi) is 4.32. The average molecular weight is 290 g/mol. The van der Waals surface area contributed by atoms with Gasteiger partial charge in [0.05, 0.1) is 4.92 Å². The number of hydrogen-bond acceptors (Lipinski definition) is 5. The van der Waals surface area contributed by atoms with Crippen molar-refractivity contribution in [2.45, 2.75) is 13.8 Å². The van der Waals surface area contributed by atoms with Gasteiger partial charge in [0.2, 0.25) is 5.82 Å². The molecule has 110 valence electrons. The molecule has 1 aromatic carbocycles. The highest BCUT2D eigenvalue weighted by Crippen LogP contribution is 2.28. The predicted octanol–water partition coefficient (Wildman–Crippen LogP) is 3.61. The minimum atomic E-state index is -0.528. The maximum absolute atomic E-state index is 13.3. The Morgan fingerprint density at radius 2 is 2.10 bits per heavy atom. The third-order valence-electron chi connectivity index (χ3n) is 2.88. The van der Waals surface area contributed by atoms with Crippen LogP contribution in [0.3, 0.4) is 0 Å². The number of aryl methyl sites for hydroxylation is 1. The Bertz CT molecular complexity index is 676. The zero-order valence-electron chi connectivity index (χ0n) is 11.7. The van der Waals surface area contributed by atoms with Crippen molar-refractivity contribution in [2.75, 3.05) is 17.2 Å². The quantitative estimate of drug-likeness (QED) is 0.649. The number of rotatable bonds is 5. The van der Waals surface area contributed by atoms with Crippen molar-refractivity contribution >= 4 is 23.0 Å². The monoisotopic (exact) mass is 290 g/mol. The summed E-state index contributed by atoms with van der Waals surface area (Å²) in [6, 6.07) is 7.10. The molecule has 0 saturated heterocycles. The van der Waals surface area contributed by atoms with Gasteiger partial charge in [0, 0.05) is 18.3 Å². The molecule has 2 aromatic rings. The fraction of sp³-hybridized carbons (Fsp3) is 0.214. The molecule has 0 radical (unpaired) electrons. The summed E-state index contributed by atoms with van der Waals surface area (Å²) in [5.74, 6) is 0.167. The topological polar surface area (TPSA) is 80.1 Å². The molecule has 2 rings (SSSR count). The highest BCUT2D eigenvalue weighted by atomic mass is 19.1. The Morgan fingerprint density at radius 1 is 1.33 bits per heavy atom. The van der Waals surface area contributed by atoms with Gasteiger partial charge in [-0.2, -0.15) is 0 Å². The first kappa shape index (κ1) is 14.7. The summed E-state index contributed by atoms with van der Waals surface area (Å²) in [6.45, 7) is 4.32. The van der Waals surface area contributed by atoms with Crippen LogP contribution in [0.5, 0.6) is 0 Å². The first-order valence-electron chi connectivity index (χ1n) is 6.43. The van der Waals surface area contributed by atoms with Crippen molar-refractivity contribution in [3.8, 4) is 0 Å². The number of anilines is 3. The van der Waals surface area contributed by atoms with Crippen molar-refractivity contribution in [1.29, 1.82) is 0 Å². The maximum atomic E-state index is 13.3. The molecule has 0 amide bonds. The molecule has 0 saturated carbocycles. The van der Waals surface area contributed by atoms with Crippen LogP contribution >= 0.6 is 0 Å². The summed E-state index contributed by atoms with van der Waals surface area (Å²) in [5.41, 5.74) is 1.04. The molecular formula is C14H15FN4O2. The lowest BCUT2D eigenvalue weighted by molar-refractivity contribution is -0.384. The van der Waals surface area contributed by atoms with Crippen LogP contribution in [0.2, 0.25) is 0 Å². The van der Waals surface area contributed by atoms with E-state index in [0.717, 1.165) is 5.56 Å². The van der Waals surface area contributed by atoms with Crippen LogP contribution in [-0.4, -0.2) is 16.5 Å². The normalized spacial score (nSPS) is 10.2. The summed E-state index contributed by atoms with van der Waals surface area (Å²) < 4.78 is 13.3. The van der Waals surface area contributed by atoms with E-state index >= 15 is 0 Å². The molecule has 0 fully saturated rings. The van der Waals surface area contributed by atoms with Crippen LogP contribution < -0.4 is 10.6 Å². The van der Waals surface area contributed by atoms with Gasteiger partial charge in [-0.1, -0.05) is 6.07 Å². The molecule has 0 bridgehead atoms. The second-order valence-corrected chi connectivity index (χ2v) is 4.44. The zero-order valence-corrected chi connectivity index (χ0v) is 11.7. The van der Waals surface area contributed by atoms with E-state index in [1.54, 1.807) is 13.0 Å². The van der Waals surface area contributed by atoms with E-state index in [1.165, 1.54) is 24.3 Å². The third-order valence-corrected chi connectivity index (χ3v) is 2.88. The van der Waals surface area contributed by atoms with Gasteiger partial charge in [0.1, 0.15) is 11.6 Å². The predicted molar refractivity (Wildman–Crippen MR) is 79.5 cm³/mol. The molecule has 2 N–H and O–H groups in total. The number of halogens is 1. The SMILES string of the molecule is CCNc1ccc([N+](=O)[O-])c(Nc2cc(F)ccc2C)n1. The van der Waals surface area contributed by atoms with Crippen LogP contribution in [0.25, 0.3) is 0 Å². The molecule has 7 heteroatoms. The first-order valence-corrected chi connectivity index (χ1v) is 6.43.